The maximum atomic E-state index is 12.8. The molecule has 3 rings (SSSR count). The third-order valence-electron chi connectivity index (χ3n) is 4.38. The number of nitrogens with zero attached hydrogens (tertiary/aromatic N) is 1. The van der Waals surface area contributed by atoms with Crippen molar-refractivity contribution in [3.63, 3.8) is 0 Å². The number of carbonyl (C=O) groups is 1. The molecule has 0 aliphatic heterocycles. The van der Waals surface area contributed by atoms with E-state index in [0.29, 0.717) is 0 Å². The Balaban J connectivity index is 1.76. The van der Waals surface area contributed by atoms with Gasteiger partial charge in [0.1, 0.15) is 11.5 Å². The first-order valence-corrected chi connectivity index (χ1v) is 12.1. The van der Waals surface area contributed by atoms with Gasteiger partial charge < -0.3 is 9.47 Å². The predicted molar refractivity (Wildman–Crippen MR) is 128 cm³/mol. The highest BCUT2D eigenvalue weighted by molar-refractivity contribution is 7.92. The predicted octanol–water partition coefficient (Wildman–Crippen LogP) is 5.76. The maximum absolute atomic E-state index is 12.8. The summed E-state index contributed by atoms with van der Waals surface area (Å²) in [5, 5.41) is 3.96. The van der Waals surface area contributed by atoms with E-state index < -0.39 is 40.7 Å². The Labute approximate surface area is 217 Å². The SMILES string of the molecule is O=C(N/N=C/c1ccc(OC(F)F)cc1OC(F)F)c1cccc(S(=O)(=O)Nc2cc(Cl)ccc2Cl)c1. The average Bonchev–Trinajstić information content (AvgIpc) is 2.82. The van der Waals surface area contributed by atoms with Gasteiger partial charge in [-0.05, 0) is 48.5 Å². The standard InChI is InChI=1S/C22H15Cl2F4N3O5S/c23-14-5-7-17(24)18(9-14)31-37(33,34)16-3-1-2-12(8-16)20(32)30-29-11-13-4-6-15(35-21(25)26)10-19(13)36-22(27)28/h1-11,21-22,31H,(H,30,32)/b29-11+. The largest absolute Gasteiger partial charge is 0.435 e. The molecular weight excluding hydrogens is 565 g/mol. The number of carbonyl (C=O) groups excluding carboxylic acids is 1. The van der Waals surface area contributed by atoms with E-state index in [2.05, 4.69) is 24.7 Å². The molecule has 3 aromatic rings. The van der Waals surface area contributed by atoms with Gasteiger partial charge in [0.2, 0.25) is 0 Å². The van der Waals surface area contributed by atoms with Crippen LogP contribution in [0, 0.1) is 0 Å². The molecule has 0 aliphatic carbocycles. The lowest BCUT2D eigenvalue weighted by Crippen LogP contribution is -2.19. The molecule has 3 aromatic carbocycles. The van der Waals surface area contributed by atoms with Crippen LogP contribution >= 0.6 is 23.2 Å². The fourth-order valence-electron chi connectivity index (χ4n) is 2.80. The van der Waals surface area contributed by atoms with Gasteiger partial charge in [-0.3, -0.25) is 9.52 Å². The lowest BCUT2D eigenvalue weighted by atomic mass is 10.2. The summed E-state index contributed by atoms with van der Waals surface area (Å²) in [4.78, 5) is 12.2. The summed E-state index contributed by atoms with van der Waals surface area (Å²) in [5.74, 6) is -1.81. The number of hydrazone groups is 1. The van der Waals surface area contributed by atoms with Crippen LogP contribution in [-0.4, -0.2) is 33.8 Å². The first-order valence-electron chi connectivity index (χ1n) is 9.89. The topological polar surface area (TPSA) is 106 Å². The Hall–Kier alpha value is -3.55. The van der Waals surface area contributed by atoms with Gasteiger partial charge in [0.15, 0.2) is 0 Å². The summed E-state index contributed by atoms with van der Waals surface area (Å²) in [6, 6.07) is 12.1. The molecule has 15 heteroatoms. The highest BCUT2D eigenvalue weighted by Gasteiger charge is 2.18. The minimum Gasteiger partial charge on any atom is -0.435 e. The van der Waals surface area contributed by atoms with Gasteiger partial charge in [-0.2, -0.15) is 22.7 Å². The Morgan fingerprint density at radius 2 is 1.68 bits per heavy atom. The minimum absolute atomic E-state index is 0.0282. The fourth-order valence-corrected chi connectivity index (χ4v) is 4.31. The summed E-state index contributed by atoms with van der Waals surface area (Å²) in [5.41, 5.74) is 1.92. The number of rotatable bonds is 10. The zero-order chi connectivity index (χ0) is 27.2. The summed E-state index contributed by atoms with van der Waals surface area (Å²) < 4.78 is 86.3. The number of nitrogens with one attached hydrogen (secondary N) is 2. The smallest absolute Gasteiger partial charge is 0.387 e. The number of benzene rings is 3. The molecule has 0 spiro atoms. The van der Waals surface area contributed by atoms with E-state index in [1.165, 1.54) is 36.4 Å². The van der Waals surface area contributed by atoms with Crippen molar-refractivity contribution in [1.29, 1.82) is 0 Å². The van der Waals surface area contributed by atoms with Gasteiger partial charge in [0.05, 0.1) is 21.8 Å². The molecule has 0 aromatic heterocycles. The molecule has 0 saturated heterocycles. The molecule has 1 amide bonds. The van der Waals surface area contributed by atoms with Crippen molar-refractivity contribution in [3.8, 4) is 11.5 Å². The van der Waals surface area contributed by atoms with E-state index in [1.54, 1.807) is 0 Å². The molecule has 2 N–H and O–H groups in total. The number of sulfonamides is 1. The van der Waals surface area contributed by atoms with Crippen molar-refractivity contribution in [2.45, 2.75) is 18.1 Å². The second-order valence-corrected chi connectivity index (χ2v) is 9.44. The number of alkyl halides is 4. The normalized spacial score (nSPS) is 11.7. The molecule has 196 valence electrons. The lowest BCUT2D eigenvalue weighted by molar-refractivity contribution is -0.0543. The molecule has 0 heterocycles. The van der Waals surface area contributed by atoms with Crippen LogP contribution in [0.2, 0.25) is 10.0 Å². The first kappa shape index (κ1) is 28.0. The summed E-state index contributed by atoms with van der Waals surface area (Å²) in [7, 11) is -4.17. The van der Waals surface area contributed by atoms with Crippen LogP contribution in [0.25, 0.3) is 0 Å². The Morgan fingerprint density at radius 3 is 2.38 bits per heavy atom. The third-order valence-corrected chi connectivity index (χ3v) is 6.30. The van der Waals surface area contributed by atoms with E-state index in [4.69, 9.17) is 23.2 Å². The number of halogens is 6. The molecule has 0 fully saturated rings. The van der Waals surface area contributed by atoms with Gasteiger partial charge in [-0.1, -0.05) is 29.3 Å². The van der Waals surface area contributed by atoms with E-state index in [-0.39, 0.29) is 31.8 Å². The van der Waals surface area contributed by atoms with Crippen molar-refractivity contribution >= 4 is 51.0 Å². The highest BCUT2D eigenvalue weighted by atomic mass is 35.5. The van der Waals surface area contributed by atoms with Gasteiger partial charge in [-0.25, -0.2) is 13.8 Å². The number of anilines is 1. The van der Waals surface area contributed by atoms with Gasteiger partial charge in [0.25, 0.3) is 15.9 Å². The molecule has 0 unspecified atom stereocenters. The quantitative estimate of drug-likeness (QED) is 0.180. The van der Waals surface area contributed by atoms with Crippen molar-refractivity contribution in [2.75, 3.05) is 4.72 Å². The van der Waals surface area contributed by atoms with Crippen LogP contribution in [-0.2, 0) is 10.0 Å². The van der Waals surface area contributed by atoms with E-state index in [1.807, 2.05) is 0 Å². The van der Waals surface area contributed by atoms with Crippen LogP contribution in [0.15, 0.2) is 70.7 Å². The molecule has 0 atom stereocenters. The molecule has 0 bridgehead atoms. The minimum atomic E-state index is -4.17. The molecule has 0 saturated carbocycles. The van der Waals surface area contributed by atoms with Crippen LogP contribution in [0.3, 0.4) is 0 Å². The van der Waals surface area contributed by atoms with Gasteiger partial charge >= 0.3 is 13.2 Å². The maximum Gasteiger partial charge on any atom is 0.387 e. The first-order chi connectivity index (χ1) is 17.4. The number of amides is 1. The molecule has 8 nitrogen and oxygen atoms in total. The Kier molecular flexibility index (Phi) is 9.18. The zero-order valence-corrected chi connectivity index (χ0v) is 20.5. The van der Waals surface area contributed by atoms with Gasteiger partial charge in [-0.15, -0.1) is 0 Å². The molecule has 0 radical (unpaired) electrons. The van der Waals surface area contributed by atoms with Crippen molar-refractivity contribution in [2.24, 2.45) is 5.10 Å². The average molecular weight is 580 g/mol. The zero-order valence-electron chi connectivity index (χ0n) is 18.2. The van der Waals surface area contributed by atoms with E-state index in [9.17, 15) is 30.8 Å². The van der Waals surface area contributed by atoms with E-state index in [0.717, 1.165) is 30.5 Å². The molecule has 0 aliphatic rings. The second kappa shape index (κ2) is 12.1. The van der Waals surface area contributed by atoms with Crippen LogP contribution in [0.1, 0.15) is 15.9 Å². The second-order valence-electron chi connectivity index (χ2n) is 6.91. The third kappa shape index (κ3) is 7.97. The van der Waals surface area contributed by atoms with Crippen molar-refractivity contribution < 1.29 is 40.2 Å². The van der Waals surface area contributed by atoms with E-state index >= 15 is 0 Å². The Morgan fingerprint density at radius 1 is 0.946 bits per heavy atom. The number of hydrogen-bond acceptors (Lipinski definition) is 6. The molecular formula is C22H15Cl2F4N3O5S. The van der Waals surface area contributed by atoms with Crippen LogP contribution in [0.4, 0.5) is 23.2 Å². The van der Waals surface area contributed by atoms with Crippen molar-refractivity contribution in [1.82, 2.24) is 5.43 Å². The number of ether oxygens (including phenoxy) is 2. The van der Waals surface area contributed by atoms with Crippen molar-refractivity contribution in [3.05, 3.63) is 81.8 Å². The van der Waals surface area contributed by atoms with Gasteiger partial charge in [0, 0.05) is 22.2 Å². The summed E-state index contributed by atoms with van der Waals surface area (Å²) in [6.45, 7) is -6.46. The summed E-state index contributed by atoms with van der Waals surface area (Å²) in [6.07, 6.45) is 0.922. The number of hydrogen-bond donors (Lipinski definition) is 2. The Bertz CT molecular complexity index is 1430. The summed E-state index contributed by atoms with van der Waals surface area (Å²) >= 11 is 11.9. The lowest BCUT2D eigenvalue weighted by Gasteiger charge is -2.11. The highest BCUT2D eigenvalue weighted by Crippen LogP contribution is 2.28. The van der Waals surface area contributed by atoms with Crippen LogP contribution in [0.5, 0.6) is 11.5 Å². The van der Waals surface area contributed by atoms with Crippen LogP contribution < -0.4 is 19.6 Å². The fraction of sp³-hybridized carbons (Fsp3) is 0.0909. The monoisotopic (exact) mass is 579 g/mol. The molecule has 37 heavy (non-hydrogen) atoms.